The highest BCUT2D eigenvalue weighted by Gasteiger charge is 2.09. The number of halogens is 2. The summed E-state index contributed by atoms with van der Waals surface area (Å²) in [5, 5.41) is 0.385. The van der Waals surface area contributed by atoms with E-state index in [0.29, 0.717) is 17.7 Å². The Labute approximate surface area is 126 Å². The lowest BCUT2D eigenvalue weighted by atomic mass is 10.0. The van der Waals surface area contributed by atoms with Gasteiger partial charge in [0.2, 0.25) is 0 Å². The van der Waals surface area contributed by atoms with Gasteiger partial charge in [-0.2, -0.15) is 0 Å². The van der Waals surface area contributed by atoms with E-state index < -0.39 is 0 Å². The van der Waals surface area contributed by atoms with Crippen molar-refractivity contribution in [3.8, 4) is 5.75 Å². The van der Waals surface area contributed by atoms with Crippen LogP contribution in [-0.4, -0.2) is 9.97 Å². The van der Waals surface area contributed by atoms with Crippen LogP contribution in [0.5, 0.6) is 5.75 Å². The minimum atomic E-state index is 0.380. The fourth-order valence-corrected chi connectivity index (χ4v) is 2.14. The van der Waals surface area contributed by atoms with Crippen molar-refractivity contribution in [2.24, 2.45) is 0 Å². The standard InChI is InChI=1S/C14H14BrClN2O/c1-9(2)12-5-10(15)3-4-13(12)19-8-11-6-18-14(16)7-17-11/h3-7,9H,8H2,1-2H3. The lowest BCUT2D eigenvalue weighted by molar-refractivity contribution is 0.296. The summed E-state index contributed by atoms with van der Waals surface area (Å²) in [5.41, 5.74) is 1.92. The molecule has 0 aliphatic rings. The van der Waals surface area contributed by atoms with Gasteiger partial charge in [-0.3, -0.25) is 4.98 Å². The van der Waals surface area contributed by atoms with Crippen LogP contribution in [0.1, 0.15) is 31.0 Å². The number of nitrogens with zero attached hydrogens (tertiary/aromatic N) is 2. The summed E-state index contributed by atoms with van der Waals surface area (Å²) in [4.78, 5) is 8.14. The Morgan fingerprint density at radius 3 is 2.68 bits per heavy atom. The zero-order chi connectivity index (χ0) is 13.8. The van der Waals surface area contributed by atoms with Crippen LogP contribution in [0.15, 0.2) is 35.1 Å². The molecule has 1 heterocycles. The highest BCUT2D eigenvalue weighted by Crippen LogP contribution is 2.29. The van der Waals surface area contributed by atoms with Gasteiger partial charge in [-0.25, -0.2) is 4.98 Å². The average Bonchev–Trinajstić information content (AvgIpc) is 2.39. The van der Waals surface area contributed by atoms with Crippen molar-refractivity contribution in [3.05, 3.63) is 51.5 Å². The zero-order valence-electron chi connectivity index (χ0n) is 10.7. The molecule has 5 heteroatoms. The topological polar surface area (TPSA) is 35.0 Å². The van der Waals surface area contributed by atoms with Crippen molar-refractivity contribution >= 4 is 27.5 Å². The molecule has 0 aliphatic carbocycles. The van der Waals surface area contributed by atoms with E-state index in [0.717, 1.165) is 21.5 Å². The molecule has 0 bridgehead atoms. The Balaban J connectivity index is 2.13. The van der Waals surface area contributed by atoms with Crippen molar-refractivity contribution < 1.29 is 4.74 Å². The highest BCUT2D eigenvalue weighted by molar-refractivity contribution is 9.10. The third-order valence-electron chi connectivity index (χ3n) is 2.64. The fourth-order valence-electron chi connectivity index (χ4n) is 1.67. The van der Waals surface area contributed by atoms with Crippen LogP contribution in [0.3, 0.4) is 0 Å². The van der Waals surface area contributed by atoms with E-state index in [4.69, 9.17) is 16.3 Å². The second-order valence-corrected chi connectivity index (χ2v) is 5.76. The summed E-state index contributed by atoms with van der Waals surface area (Å²) < 4.78 is 6.86. The maximum absolute atomic E-state index is 5.81. The van der Waals surface area contributed by atoms with Gasteiger partial charge in [-0.15, -0.1) is 0 Å². The first-order valence-corrected chi connectivity index (χ1v) is 7.12. The Hall–Kier alpha value is -1.13. The van der Waals surface area contributed by atoms with Crippen LogP contribution >= 0.6 is 27.5 Å². The van der Waals surface area contributed by atoms with E-state index in [1.165, 1.54) is 6.20 Å². The van der Waals surface area contributed by atoms with E-state index >= 15 is 0 Å². The molecule has 100 valence electrons. The molecule has 0 N–H and O–H groups in total. The molecule has 19 heavy (non-hydrogen) atoms. The molecule has 0 unspecified atom stereocenters. The van der Waals surface area contributed by atoms with Gasteiger partial charge >= 0.3 is 0 Å². The fraction of sp³-hybridized carbons (Fsp3) is 0.286. The number of benzene rings is 1. The van der Waals surface area contributed by atoms with Gasteiger partial charge < -0.3 is 4.74 Å². The van der Waals surface area contributed by atoms with Crippen molar-refractivity contribution in [1.82, 2.24) is 9.97 Å². The maximum atomic E-state index is 5.81. The maximum Gasteiger partial charge on any atom is 0.147 e. The Morgan fingerprint density at radius 1 is 1.26 bits per heavy atom. The van der Waals surface area contributed by atoms with Crippen molar-refractivity contribution in [1.29, 1.82) is 0 Å². The van der Waals surface area contributed by atoms with E-state index in [9.17, 15) is 0 Å². The van der Waals surface area contributed by atoms with Crippen LogP contribution in [0.2, 0.25) is 5.15 Å². The SMILES string of the molecule is CC(C)c1cc(Br)ccc1OCc1cnc(Cl)cn1. The van der Waals surface area contributed by atoms with Crippen LogP contribution in [0.25, 0.3) is 0 Å². The third-order valence-corrected chi connectivity index (χ3v) is 3.33. The smallest absolute Gasteiger partial charge is 0.147 e. The molecule has 0 fully saturated rings. The van der Waals surface area contributed by atoms with Crippen LogP contribution in [0.4, 0.5) is 0 Å². The van der Waals surface area contributed by atoms with E-state index in [1.54, 1.807) is 6.20 Å². The number of hydrogen-bond donors (Lipinski definition) is 0. The van der Waals surface area contributed by atoms with Gasteiger partial charge in [-0.1, -0.05) is 41.4 Å². The van der Waals surface area contributed by atoms with E-state index in [2.05, 4.69) is 45.8 Å². The van der Waals surface area contributed by atoms with Gasteiger partial charge in [0.1, 0.15) is 17.5 Å². The summed E-state index contributed by atoms with van der Waals surface area (Å²) in [5.74, 6) is 1.26. The van der Waals surface area contributed by atoms with Crippen LogP contribution in [-0.2, 0) is 6.61 Å². The molecule has 0 amide bonds. The monoisotopic (exact) mass is 340 g/mol. The minimum Gasteiger partial charge on any atom is -0.487 e. The molecular formula is C14H14BrClN2O. The van der Waals surface area contributed by atoms with Gasteiger partial charge in [0.05, 0.1) is 18.1 Å². The Kier molecular flexibility index (Phi) is 4.77. The molecular weight excluding hydrogens is 328 g/mol. The van der Waals surface area contributed by atoms with Crippen molar-refractivity contribution in [3.63, 3.8) is 0 Å². The van der Waals surface area contributed by atoms with Crippen molar-refractivity contribution in [2.75, 3.05) is 0 Å². The predicted molar refractivity (Wildman–Crippen MR) is 79.6 cm³/mol. The molecule has 3 nitrogen and oxygen atoms in total. The van der Waals surface area contributed by atoms with E-state index in [1.807, 2.05) is 12.1 Å². The summed E-state index contributed by atoms with van der Waals surface area (Å²) in [6, 6.07) is 6.01. The molecule has 1 aromatic carbocycles. The quantitative estimate of drug-likeness (QED) is 0.815. The molecule has 0 spiro atoms. The summed E-state index contributed by atoms with van der Waals surface area (Å²) in [6.45, 7) is 4.65. The van der Waals surface area contributed by atoms with Gasteiger partial charge in [-0.05, 0) is 29.7 Å². The number of ether oxygens (including phenoxy) is 1. The molecule has 0 saturated carbocycles. The molecule has 2 rings (SSSR count). The largest absolute Gasteiger partial charge is 0.487 e. The molecule has 0 atom stereocenters. The van der Waals surface area contributed by atoms with E-state index in [-0.39, 0.29) is 0 Å². The summed E-state index contributed by atoms with van der Waals surface area (Å²) in [7, 11) is 0. The minimum absolute atomic E-state index is 0.380. The zero-order valence-corrected chi connectivity index (χ0v) is 13.1. The molecule has 2 aromatic rings. The molecule has 0 saturated heterocycles. The third kappa shape index (κ3) is 3.91. The van der Waals surface area contributed by atoms with Crippen LogP contribution in [0, 0.1) is 0 Å². The predicted octanol–water partition coefficient (Wildman–Crippen LogP) is 4.59. The first-order chi connectivity index (χ1) is 9.06. The van der Waals surface area contributed by atoms with Crippen molar-refractivity contribution in [2.45, 2.75) is 26.4 Å². The Morgan fingerprint density at radius 2 is 2.05 bits per heavy atom. The molecule has 0 aliphatic heterocycles. The average molecular weight is 342 g/mol. The summed E-state index contributed by atoms with van der Waals surface area (Å²) in [6.07, 6.45) is 3.14. The first kappa shape index (κ1) is 14.3. The normalized spacial score (nSPS) is 10.8. The molecule has 1 aromatic heterocycles. The van der Waals surface area contributed by atoms with Gasteiger partial charge in [0, 0.05) is 4.47 Å². The van der Waals surface area contributed by atoms with Gasteiger partial charge in [0.25, 0.3) is 0 Å². The number of rotatable bonds is 4. The first-order valence-electron chi connectivity index (χ1n) is 5.95. The highest BCUT2D eigenvalue weighted by atomic mass is 79.9. The van der Waals surface area contributed by atoms with Gasteiger partial charge in [0.15, 0.2) is 0 Å². The lowest BCUT2D eigenvalue weighted by Crippen LogP contribution is -2.02. The van der Waals surface area contributed by atoms with Crippen LogP contribution < -0.4 is 4.74 Å². The second kappa shape index (κ2) is 6.35. The molecule has 0 radical (unpaired) electrons. The summed E-state index contributed by atoms with van der Waals surface area (Å²) >= 11 is 9.17. The lowest BCUT2D eigenvalue weighted by Gasteiger charge is -2.14. The second-order valence-electron chi connectivity index (χ2n) is 4.46. The number of aromatic nitrogens is 2. The number of hydrogen-bond acceptors (Lipinski definition) is 3. The Bertz CT molecular complexity index is 558.